The van der Waals surface area contributed by atoms with Gasteiger partial charge in [-0.2, -0.15) is 0 Å². The van der Waals surface area contributed by atoms with Gasteiger partial charge >= 0.3 is 0 Å². The fourth-order valence-corrected chi connectivity index (χ4v) is 1.82. The molecule has 2 heteroatoms. The molecule has 0 aliphatic carbocycles. The van der Waals surface area contributed by atoms with Crippen molar-refractivity contribution < 1.29 is 4.74 Å². The highest BCUT2D eigenvalue weighted by Crippen LogP contribution is 2.10. The van der Waals surface area contributed by atoms with Gasteiger partial charge in [-0.25, -0.2) is 0 Å². The van der Waals surface area contributed by atoms with E-state index in [1.807, 2.05) is 6.92 Å². The summed E-state index contributed by atoms with van der Waals surface area (Å²) in [6, 6.07) is 0.683. The summed E-state index contributed by atoms with van der Waals surface area (Å²) < 4.78 is 5.50. The van der Waals surface area contributed by atoms with E-state index in [-0.39, 0.29) is 0 Å². The Labute approximate surface area is 87.7 Å². The van der Waals surface area contributed by atoms with Crippen molar-refractivity contribution in [1.29, 1.82) is 0 Å². The minimum Gasteiger partial charge on any atom is -0.377 e. The summed E-state index contributed by atoms with van der Waals surface area (Å²) in [5.41, 5.74) is 1.11. The highest BCUT2D eigenvalue weighted by atomic mass is 16.5. The Morgan fingerprint density at radius 1 is 1.43 bits per heavy atom. The minimum absolute atomic E-state index is 0.683. The first kappa shape index (κ1) is 11.7. The molecule has 0 aromatic carbocycles. The van der Waals surface area contributed by atoms with Crippen LogP contribution in [-0.2, 0) is 4.74 Å². The fourth-order valence-electron chi connectivity index (χ4n) is 1.82. The number of hydrogen-bond acceptors (Lipinski definition) is 2. The normalized spacial score (nSPS) is 23.1. The third kappa shape index (κ3) is 5.40. The molecule has 1 saturated heterocycles. The monoisotopic (exact) mass is 197 g/mol. The quantitative estimate of drug-likeness (QED) is 0.540. The first-order valence-corrected chi connectivity index (χ1v) is 5.74. The fraction of sp³-hybridized carbons (Fsp3) is 0.833. The molecule has 14 heavy (non-hydrogen) atoms. The summed E-state index contributed by atoms with van der Waals surface area (Å²) in [7, 11) is 0. The second kappa shape index (κ2) is 7.02. The second-order valence-corrected chi connectivity index (χ2v) is 4.30. The van der Waals surface area contributed by atoms with Crippen LogP contribution in [0, 0.1) is 0 Å². The van der Waals surface area contributed by atoms with Crippen molar-refractivity contribution in [2.45, 2.75) is 45.1 Å². The van der Waals surface area contributed by atoms with Gasteiger partial charge in [0.05, 0.1) is 6.61 Å². The van der Waals surface area contributed by atoms with Crippen molar-refractivity contribution in [3.63, 3.8) is 0 Å². The van der Waals surface area contributed by atoms with Crippen molar-refractivity contribution in [3.8, 4) is 0 Å². The Hall–Kier alpha value is -0.340. The molecule has 1 heterocycles. The van der Waals surface area contributed by atoms with E-state index in [1.54, 1.807) is 0 Å². The van der Waals surface area contributed by atoms with Crippen LogP contribution in [0.3, 0.4) is 0 Å². The summed E-state index contributed by atoms with van der Waals surface area (Å²) in [5.74, 6) is 0. The molecule has 1 atom stereocenters. The molecule has 0 bridgehead atoms. The molecule has 1 rings (SSSR count). The Bertz CT molecular complexity index is 160. The zero-order valence-electron chi connectivity index (χ0n) is 9.35. The van der Waals surface area contributed by atoms with Gasteiger partial charge < -0.3 is 10.1 Å². The first-order valence-electron chi connectivity index (χ1n) is 5.74. The lowest BCUT2D eigenvalue weighted by atomic mass is 10.1. The van der Waals surface area contributed by atoms with Crippen LogP contribution < -0.4 is 5.32 Å². The molecule has 0 spiro atoms. The highest BCUT2D eigenvalue weighted by molar-refractivity contribution is 4.87. The molecule has 0 aromatic heterocycles. The number of nitrogens with one attached hydrogen (secondary N) is 1. The number of hydrogen-bond donors (Lipinski definition) is 1. The molecular formula is C12H23NO. The van der Waals surface area contributed by atoms with E-state index >= 15 is 0 Å². The van der Waals surface area contributed by atoms with Crippen molar-refractivity contribution in [1.82, 2.24) is 5.32 Å². The summed E-state index contributed by atoms with van der Waals surface area (Å²) in [5, 5.41) is 3.57. The van der Waals surface area contributed by atoms with Crippen molar-refractivity contribution in [3.05, 3.63) is 12.2 Å². The van der Waals surface area contributed by atoms with Gasteiger partial charge in [-0.1, -0.05) is 25.0 Å². The van der Waals surface area contributed by atoms with Crippen LogP contribution in [0.25, 0.3) is 0 Å². The van der Waals surface area contributed by atoms with Crippen LogP contribution in [0.2, 0.25) is 0 Å². The Balaban J connectivity index is 2.01. The van der Waals surface area contributed by atoms with Gasteiger partial charge in [-0.15, -0.1) is 0 Å². The molecule has 0 saturated carbocycles. The van der Waals surface area contributed by atoms with Crippen molar-refractivity contribution in [2.75, 3.05) is 19.8 Å². The van der Waals surface area contributed by atoms with E-state index < -0.39 is 0 Å². The second-order valence-electron chi connectivity index (χ2n) is 4.30. The maximum Gasteiger partial charge on any atom is 0.0671 e. The Morgan fingerprint density at radius 2 is 2.29 bits per heavy atom. The topological polar surface area (TPSA) is 21.3 Å². The molecule has 1 unspecified atom stereocenters. The van der Waals surface area contributed by atoms with Crippen LogP contribution in [0.1, 0.15) is 39.0 Å². The first-order chi connectivity index (χ1) is 6.79. The van der Waals surface area contributed by atoms with Gasteiger partial charge in [0.15, 0.2) is 0 Å². The molecule has 0 radical (unpaired) electrons. The zero-order valence-corrected chi connectivity index (χ0v) is 9.35. The molecule has 1 aliphatic heterocycles. The molecule has 0 amide bonds. The minimum atomic E-state index is 0.683. The van der Waals surface area contributed by atoms with E-state index in [2.05, 4.69) is 11.9 Å². The molecule has 1 aliphatic rings. The van der Waals surface area contributed by atoms with Crippen LogP contribution in [0.5, 0.6) is 0 Å². The van der Waals surface area contributed by atoms with Crippen LogP contribution in [0.15, 0.2) is 12.2 Å². The molecule has 1 N–H and O–H groups in total. The zero-order chi connectivity index (χ0) is 10.2. The van der Waals surface area contributed by atoms with Gasteiger partial charge in [0, 0.05) is 12.6 Å². The largest absolute Gasteiger partial charge is 0.377 e. The van der Waals surface area contributed by atoms with Gasteiger partial charge in [0.2, 0.25) is 0 Å². The van der Waals surface area contributed by atoms with E-state index in [0.717, 1.165) is 18.6 Å². The SMILES string of the molecule is C=C(C)COCCC1CCCCCN1. The summed E-state index contributed by atoms with van der Waals surface area (Å²) in [4.78, 5) is 0. The van der Waals surface area contributed by atoms with E-state index in [0.29, 0.717) is 12.6 Å². The lowest BCUT2D eigenvalue weighted by Gasteiger charge is -2.15. The predicted molar refractivity (Wildman–Crippen MR) is 60.5 cm³/mol. The number of ether oxygens (including phenoxy) is 1. The summed E-state index contributed by atoms with van der Waals surface area (Å²) >= 11 is 0. The third-order valence-corrected chi connectivity index (χ3v) is 2.62. The lowest BCUT2D eigenvalue weighted by molar-refractivity contribution is 0.144. The smallest absolute Gasteiger partial charge is 0.0671 e. The maximum atomic E-state index is 5.50. The predicted octanol–water partition coefficient (Wildman–Crippen LogP) is 2.50. The third-order valence-electron chi connectivity index (χ3n) is 2.62. The summed E-state index contributed by atoms with van der Waals surface area (Å²) in [6.45, 7) is 8.58. The average Bonchev–Trinajstić information content (AvgIpc) is 2.40. The van der Waals surface area contributed by atoms with Gasteiger partial charge in [0.1, 0.15) is 0 Å². The van der Waals surface area contributed by atoms with Gasteiger partial charge in [-0.05, 0) is 32.7 Å². The molecular weight excluding hydrogens is 174 g/mol. The highest BCUT2D eigenvalue weighted by Gasteiger charge is 2.10. The molecule has 1 fully saturated rings. The van der Waals surface area contributed by atoms with Crippen LogP contribution in [0.4, 0.5) is 0 Å². The Morgan fingerprint density at radius 3 is 3.07 bits per heavy atom. The van der Waals surface area contributed by atoms with Crippen molar-refractivity contribution >= 4 is 0 Å². The Kier molecular flexibility index (Phi) is 5.88. The average molecular weight is 197 g/mol. The van der Waals surface area contributed by atoms with E-state index in [1.165, 1.54) is 32.2 Å². The van der Waals surface area contributed by atoms with Gasteiger partial charge in [0.25, 0.3) is 0 Å². The summed E-state index contributed by atoms with van der Waals surface area (Å²) in [6.07, 6.45) is 6.56. The lowest BCUT2D eigenvalue weighted by Crippen LogP contribution is -2.29. The van der Waals surface area contributed by atoms with E-state index in [4.69, 9.17) is 4.74 Å². The van der Waals surface area contributed by atoms with E-state index in [9.17, 15) is 0 Å². The van der Waals surface area contributed by atoms with Crippen LogP contribution >= 0.6 is 0 Å². The number of rotatable bonds is 5. The molecule has 2 nitrogen and oxygen atoms in total. The standard InChI is InChI=1S/C12H23NO/c1-11(2)10-14-9-7-12-6-4-3-5-8-13-12/h12-13H,1,3-10H2,2H3. The molecule has 0 aromatic rings. The molecule has 82 valence electrons. The maximum absolute atomic E-state index is 5.50. The van der Waals surface area contributed by atoms with Crippen LogP contribution in [-0.4, -0.2) is 25.8 Å². The van der Waals surface area contributed by atoms with Crippen molar-refractivity contribution in [2.24, 2.45) is 0 Å². The van der Waals surface area contributed by atoms with Gasteiger partial charge in [-0.3, -0.25) is 0 Å².